The zero-order valence-electron chi connectivity index (χ0n) is 30.8. The highest BCUT2D eigenvalue weighted by molar-refractivity contribution is 5.97. The van der Waals surface area contributed by atoms with Gasteiger partial charge in [-0.05, 0) is 103 Å². The minimum atomic E-state index is -0.373. The molecule has 2 aliphatic rings. The van der Waals surface area contributed by atoms with Crippen molar-refractivity contribution >= 4 is 17.1 Å². The predicted octanol–water partition coefficient (Wildman–Crippen LogP) is 14.5. The van der Waals surface area contributed by atoms with Crippen LogP contribution in [0.25, 0.3) is 55.6 Å². The molecule has 9 aromatic rings. The highest BCUT2D eigenvalue weighted by Gasteiger charge is 2.51. The summed E-state index contributed by atoms with van der Waals surface area (Å²) < 4.78 is 0. The number of para-hydroxylation sites is 1. The van der Waals surface area contributed by atoms with Crippen molar-refractivity contribution in [1.29, 1.82) is 0 Å². The maximum Gasteiger partial charge on any atom is 0.0725 e. The van der Waals surface area contributed by atoms with Crippen molar-refractivity contribution in [2.75, 3.05) is 4.90 Å². The van der Waals surface area contributed by atoms with Gasteiger partial charge in [-0.3, -0.25) is 0 Å². The monoisotopic (exact) mass is 711 g/mol. The zero-order chi connectivity index (χ0) is 37.1. The molecule has 1 heteroatoms. The molecular weight excluding hydrogens is 675 g/mol. The Morgan fingerprint density at radius 2 is 0.625 bits per heavy atom. The summed E-state index contributed by atoms with van der Waals surface area (Å²) in [5, 5.41) is 0. The third-order valence-electron chi connectivity index (χ3n) is 11.9. The van der Waals surface area contributed by atoms with Crippen LogP contribution in [0.15, 0.2) is 224 Å². The van der Waals surface area contributed by atoms with Crippen LogP contribution in [0.3, 0.4) is 0 Å². The first-order valence-electron chi connectivity index (χ1n) is 19.4. The average molecular weight is 712 g/mol. The van der Waals surface area contributed by atoms with E-state index in [-0.39, 0.29) is 5.41 Å². The number of rotatable bonds is 6. The van der Waals surface area contributed by atoms with Crippen molar-refractivity contribution in [3.63, 3.8) is 0 Å². The molecule has 0 aromatic heterocycles. The Labute approximate surface area is 328 Å². The van der Waals surface area contributed by atoms with Gasteiger partial charge in [0.15, 0.2) is 0 Å². The van der Waals surface area contributed by atoms with Gasteiger partial charge < -0.3 is 4.90 Å². The SMILES string of the molecule is c1ccc(-c2ccc(-c3ccc(N(c4ccc5c(c4)-c4ccccc4C54c5ccccc5-c5ccccc54)c4ccccc4-c4ccccc4)cc3)cc2)cc1. The van der Waals surface area contributed by atoms with Crippen LogP contribution >= 0.6 is 0 Å². The number of hydrogen-bond donors (Lipinski definition) is 0. The molecule has 1 spiro atoms. The van der Waals surface area contributed by atoms with E-state index in [0.717, 1.165) is 17.1 Å². The van der Waals surface area contributed by atoms with Gasteiger partial charge in [-0.2, -0.15) is 0 Å². The summed E-state index contributed by atoms with van der Waals surface area (Å²) >= 11 is 0. The second kappa shape index (κ2) is 13.0. The third-order valence-corrected chi connectivity index (χ3v) is 11.9. The first-order valence-corrected chi connectivity index (χ1v) is 19.4. The number of hydrogen-bond acceptors (Lipinski definition) is 1. The first kappa shape index (κ1) is 32.2. The van der Waals surface area contributed by atoms with E-state index in [1.807, 2.05) is 0 Å². The summed E-state index contributed by atoms with van der Waals surface area (Å²) in [5.74, 6) is 0. The van der Waals surface area contributed by atoms with E-state index in [0.29, 0.717) is 0 Å². The molecule has 0 N–H and O–H groups in total. The van der Waals surface area contributed by atoms with E-state index in [1.165, 1.54) is 77.9 Å². The van der Waals surface area contributed by atoms with E-state index in [2.05, 4.69) is 229 Å². The fourth-order valence-corrected chi connectivity index (χ4v) is 9.47. The lowest BCUT2D eigenvalue weighted by Gasteiger charge is -2.31. The van der Waals surface area contributed by atoms with Crippen LogP contribution in [0.5, 0.6) is 0 Å². The van der Waals surface area contributed by atoms with Crippen molar-refractivity contribution in [3.05, 3.63) is 247 Å². The molecule has 0 saturated heterocycles. The number of fused-ring (bicyclic) bond motifs is 10. The van der Waals surface area contributed by atoms with Gasteiger partial charge in [-0.15, -0.1) is 0 Å². The van der Waals surface area contributed by atoms with E-state index < -0.39 is 0 Å². The standard InChI is InChI=1S/C55H37N/c1-3-15-38(16-4-1)39-27-29-40(30-28-39)41-31-33-43(34-32-41)56(54-26-14-10-19-45(54)42-17-5-2-6-18-42)44-35-36-53-49(37-44)48-22-9-13-25-52(48)55(53)50-23-11-7-20-46(50)47-21-8-12-24-51(47)55/h1-37H. The molecule has 0 saturated carbocycles. The minimum Gasteiger partial charge on any atom is -0.310 e. The van der Waals surface area contributed by atoms with Gasteiger partial charge in [0.05, 0.1) is 11.1 Å². The highest BCUT2D eigenvalue weighted by Crippen LogP contribution is 2.63. The number of anilines is 3. The van der Waals surface area contributed by atoms with Gasteiger partial charge in [0.2, 0.25) is 0 Å². The second-order valence-corrected chi connectivity index (χ2v) is 14.8. The molecule has 0 fully saturated rings. The lowest BCUT2D eigenvalue weighted by atomic mass is 9.70. The molecule has 0 atom stereocenters. The zero-order valence-corrected chi connectivity index (χ0v) is 30.8. The topological polar surface area (TPSA) is 3.24 Å². The Hall–Kier alpha value is -7.22. The van der Waals surface area contributed by atoms with Gasteiger partial charge in [0.1, 0.15) is 0 Å². The summed E-state index contributed by atoms with van der Waals surface area (Å²) in [6.07, 6.45) is 0. The molecule has 262 valence electrons. The molecule has 56 heavy (non-hydrogen) atoms. The van der Waals surface area contributed by atoms with E-state index in [1.54, 1.807) is 0 Å². The first-order chi connectivity index (χ1) is 27.8. The third kappa shape index (κ3) is 4.88. The lowest BCUT2D eigenvalue weighted by Crippen LogP contribution is -2.25. The lowest BCUT2D eigenvalue weighted by molar-refractivity contribution is 0.794. The van der Waals surface area contributed by atoms with Crippen LogP contribution in [-0.2, 0) is 5.41 Å². The number of nitrogens with zero attached hydrogens (tertiary/aromatic N) is 1. The molecule has 0 unspecified atom stereocenters. The Morgan fingerprint density at radius 3 is 1.18 bits per heavy atom. The van der Waals surface area contributed by atoms with Gasteiger partial charge in [-0.25, -0.2) is 0 Å². The minimum absolute atomic E-state index is 0.373. The molecule has 11 rings (SSSR count). The molecule has 1 nitrogen and oxygen atoms in total. The van der Waals surface area contributed by atoms with Crippen LogP contribution in [0, 0.1) is 0 Å². The fraction of sp³-hybridized carbons (Fsp3) is 0.0182. The quantitative estimate of drug-likeness (QED) is 0.166. The largest absolute Gasteiger partial charge is 0.310 e. The summed E-state index contributed by atoms with van der Waals surface area (Å²) in [7, 11) is 0. The van der Waals surface area contributed by atoms with Crippen LogP contribution < -0.4 is 4.90 Å². The Bertz CT molecular complexity index is 2840. The van der Waals surface area contributed by atoms with Crippen molar-refractivity contribution < 1.29 is 0 Å². The molecule has 0 radical (unpaired) electrons. The van der Waals surface area contributed by atoms with Gasteiger partial charge >= 0.3 is 0 Å². The maximum atomic E-state index is 2.44. The molecule has 2 aliphatic carbocycles. The molecular formula is C55H37N. The summed E-state index contributed by atoms with van der Waals surface area (Å²) in [6.45, 7) is 0. The second-order valence-electron chi connectivity index (χ2n) is 14.8. The van der Waals surface area contributed by atoms with Crippen molar-refractivity contribution in [3.8, 4) is 55.6 Å². The number of benzene rings is 9. The van der Waals surface area contributed by atoms with E-state index in [4.69, 9.17) is 0 Å². The molecule has 9 aromatic carbocycles. The van der Waals surface area contributed by atoms with E-state index >= 15 is 0 Å². The smallest absolute Gasteiger partial charge is 0.0725 e. The summed E-state index contributed by atoms with van der Waals surface area (Å²) in [4.78, 5) is 2.44. The molecule has 0 heterocycles. The molecule has 0 amide bonds. The average Bonchev–Trinajstić information content (AvgIpc) is 3.75. The van der Waals surface area contributed by atoms with Gasteiger partial charge in [0.25, 0.3) is 0 Å². The van der Waals surface area contributed by atoms with Crippen molar-refractivity contribution in [1.82, 2.24) is 0 Å². The predicted molar refractivity (Wildman–Crippen MR) is 234 cm³/mol. The summed E-state index contributed by atoms with van der Waals surface area (Å²) in [5.41, 5.74) is 20.8. The fourth-order valence-electron chi connectivity index (χ4n) is 9.47. The van der Waals surface area contributed by atoms with Crippen LogP contribution in [0.4, 0.5) is 17.1 Å². The maximum absolute atomic E-state index is 2.44. The highest BCUT2D eigenvalue weighted by atomic mass is 15.1. The van der Waals surface area contributed by atoms with Gasteiger partial charge in [-0.1, -0.05) is 194 Å². The van der Waals surface area contributed by atoms with Gasteiger partial charge in [0, 0.05) is 16.9 Å². The molecule has 0 bridgehead atoms. The molecule has 0 aliphatic heterocycles. The van der Waals surface area contributed by atoms with E-state index in [9.17, 15) is 0 Å². The normalized spacial score (nSPS) is 12.8. The van der Waals surface area contributed by atoms with Crippen LogP contribution in [0.2, 0.25) is 0 Å². The summed E-state index contributed by atoms with van der Waals surface area (Å²) in [6, 6.07) is 82.3. The Kier molecular flexibility index (Phi) is 7.47. The Morgan fingerprint density at radius 1 is 0.250 bits per heavy atom. The van der Waals surface area contributed by atoms with Crippen molar-refractivity contribution in [2.24, 2.45) is 0 Å². The van der Waals surface area contributed by atoms with Crippen LogP contribution in [0.1, 0.15) is 22.3 Å². The van der Waals surface area contributed by atoms with Crippen LogP contribution in [-0.4, -0.2) is 0 Å². The van der Waals surface area contributed by atoms with Crippen molar-refractivity contribution in [2.45, 2.75) is 5.41 Å². The Balaban J connectivity index is 1.08.